The van der Waals surface area contributed by atoms with E-state index < -0.39 is 5.54 Å². The molecule has 6 heteroatoms. The average molecular weight is 282 g/mol. The van der Waals surface area contributed by atoms with Crippen LogP contribution in [0.15, 0.2) is 0 Å². The second kappa shape index (κ2) is 6.83. The second-order valence-corrected chi connectivity index (χ2v) is 5.66. The molecule has 114 valence electrons. The van der Waals surface area contributed by atoms with Crippen molar-refractivity contribution in [3.05, 3.63) is 11.6 Å². The monoisotopic (exact) mass is 282 g/mol. The number of rotatable bonds is 7. The predicted molar refractivity (Wildman–Crippen MR) is 77.4 cm³/mol. The quantitative estimate of drug-likeness (QED) is 0.769. The molecular formula is C14H26N4O2. The Hall–Kier alpha value is -1.43. The summed E-state index contributed by atoms with van der Waals surface area (Å²) < 4.78 is 6.79. The van der Waals surface area contributed by atoms with Gasteiger partial charge in [-0.05, 0) is 47.5 Å². The van der Waals surface area contributed by atoms with Crippen LogP contribution in [0.25, 0.3) is 0 Å². The number of aromatic nitrogens is 3. The zero-order valence-corrected chi connectivity index (χ0v) is 13.4. The van der Waals surface area contributed by atoms with E-state index in [1.165, 1.54) is 7.11 Å². The number of carbonyl (C=O) groups excluding carboxylic acids is 1. The van der Waals surface area contributed by atoms with E-state index in [1.807, 2.05) is 39.3 Å². The highest BCUT2D eigenvalue weighted by Crippen LogP contribution is 2.16. The minimum absolute atomic E-state index is 0.217. The highest BCUT2D eigenvalue weighted by molar-refractivity contribution is 5.80. The molecule has 20 heavy (non-hydrogen) atoms. The Kier molecular flexibility index (Phi) is 5.68. The standard InChI is InChI=1S/C14H26N4O2/c1-10(2)16-14(5,13(19)20-6)8-7-9-18-12(4)15-11(3)17-18/h10,16H,7-9H2,1-6H3. The van der Waals surface area contributed by atoms with Crippen LogP contribution >= 0.6 is 0 Å². The number of ether oxygens (including phenoxy) is 1. The zero-order valence-electron chi connectivity index (χ0n) is 13.4. The van der Waals surface area contributed by atoms with E-state index in [4.69, 9.17) is 4.74 Å². The largest absolute Gasteiger partial charge is 0.468 e. The highest BCUT2D eigenvalue weighted by Gasteiger charge is 2.34. The van der Waals surface area contributed by atoms with Crippen molar-refractivity contribution in [1.82, 2.24) is 20.1 Å². The van der Waals surface area contributed by atoms with Gasteiger partial charge in [0.2, 0.25) is 0 Å². The molecular weight excluding hydrogens is 256 g/mol. The first-order chi connectivity index (χ1) is 9.28. The van der Waals surface area contributed by atoms with E-state index in [2.05, 4.69) is 15.4 Å². The molecule has 1 aromatic rings. The molecule has 1 N–H and O–H groups in total. The molecule has 1 heterocycles. The van der Waals surface area contributed by atoms with Crippen molar-refractivity contribution in [2.24, 2.45) is 0 Å². The molecule has 6 nitrogen and oxygen atoms in total. The molecule has 1 aromatic heterocycles. The topological polar surface area (TPSA) is 69.0 Å². The Morgan fingerprint density at radius 2 is 2.10 bits per heavy atom. The molecule has 0 aliphatic heterocycles. The fraction of sp³-hybridized carbons (Fsp3) is 0.786. The smallest absolute Gasteiger partial charge is 0.325 e. The maximum Gasteiger partial charge on any atom is 0.325 e. The zero-order chi connectivity index (χ0) is 15.3. The van der Waals surface area contributed by atoms with Crippen LogP contribution in [0, 0.1) is 13.8 Å². The number of hydrogen-bond acceptors (Lipinski definition) is 5. The molecule has 1 atom stereocenters. The molecule has 1 rings (SSSR count). The van der Waals surface area contributed by atoms with Gasteiger partial charge < -0.3 is 4.74 Å². The molecule has 0 amide bonds. The van der Waals surface area contributed by atoms with E-state index in [0.717, 1.165) is 24.6 Å². The fourth-order valence-electron chi connectivity index (χ4n) is 2.45. The fourth-order valence-corrected chi connectivity index (χ4v) is 2.45. The molecule has 0 aliphatic carbocycles. The number of methoxy groups -OCH3 is 1. The van der Waals surface area contributed by atoms with Crippen molar-refractivity contribution in [2.45, 2.75) is 65.6 Å². The normalized spacial score (nSPS) is 14.3. The Balaban J connectivity index is 2.63. The second-order valence-electron chi connectivity index (χ2n) is 5.66. The van der Waals surface area contributed by atoms with Gasteiger partial charge in [-0.15, -0.1) is 0 Å². The van der Waals surface area contributed by atoms with Gasteiger partial charge in [-0.2, -0.15) is 5.10 Å². The van der Waals surface area contributed by atoms with Crippen molar-refractivity contribution < 1.29 is 9.53 Å². The lowest BCUT2D eigenvalue weighted by Crippen LogP contribution is -2.53. The number of hydrogen-bond donors (Lipinski definition) is 1. The van der Waals surface area contributed by atoms with E-state index in [0.29, 0.717) is 6.42 Å². The summed E-state index contributed by atoms with van der Waals surface area (Å²) in [6, 6.07) is 0.217. The summed E-state index contributed by atoms with van der Waals surface area (Å²) in [7, 11) is 1.42. The third kappa shape index (κ3) is 4.30. The summed E-state index contributed by atoms with van der Waals surface area (Å²) in [4.78, 5) is 16.2. The Labute approximate surface area is 120 Å². The van der Waals surface area contributed by atoms with Gasteiger partial charge in [-0.25, -0.2) is 4.98 Å². The van der Waals surface area contributed by atoms with Gasteiger partial charge in [0.05, 0.1) is 7.11 Å². The number of esters is 1. The number of carbonyl (C=O) groups is 1. The summed E-state index contributed by atoms with van der Waals surface area (Å²) >= 11 is 0. The number of nitrogens with zero attached hydrogens (tertiary/aromatic N) is 3. The Morgan fingerprint density at radius 3 is 2.55 bits per heavy atom. The predicted octanol–water partition coefficient (Wildman–Crippen LogP) is 1.60. The van der Waals surface area contributed by atoms with Crippen LogP contribution < -0.4 is 5.32 Å². The van der Waals surface area contributed by atoms with Crippen LogP contribution in [-0.2, 0) is 16.1 Å². The first-order valence-electron chi connectivity index (χ1n) is 7.02. The summed E-state index contributed by atoms with van der Waals surface area (Å²) in [5, 5.41) is 7.62. The van der Waals surface area contributed by atoms with E-state index >= 15 is 0 Å². The minimum atomic E-state index is -0.660. The number of aryl methyl sites for hydroxylation is 3. The molecule has 0 bridgehead atoms. The Morgan fingerprint density at radius 1 is 1.45 bits per heavy atom. The SMILES string of the molecule is COC(=O)C(C)(CCCn1nc(C)nc1C)NC(C)C. The van der Waals surface area contributed by atoms with Crippen LogP contribution in [0.5, 0.6) is 0 Å². The maximum absolute atomic E-state index is 12.0. The molecule has 1 unspecified atom stereocenters. The van der Waals surface area contributed by atoms with Gasteiger partial charge in [0.1, 0.15) is 17.2 Å². The molecule has 0 aromatic carbocycles. The van der Waals surface area contributed by atoms with Crippen LogP contribution in [0.1, 0.15) is 45.3 Å². The first-order valence-corrected chi connectivity index (χ1v) is 7.02. The van der Waals surface area contributed by atoms with Crippen LogP contribution in [0.4, 0.5) is 0 Å². The van der Waals surface area contributed by atoms with Crippen molar-refractivity contribution in [3.63, 3.8) is 0 Å². The molecule has 0 radical (unpaired) electrons. The van der Waals surface area contributed by atoms with E-state index in [1.54, 1.807) is 0 Å². The lowest BCUT2D eigenvalue weighted by atomic mass is 9.94. The van der Waals surface area contributed by atoms with Gasteiger partial charge in [0, 0.05) is 12.6 Å². The van der Waals surface area contributed by atoms with Crippen molar-refractivity contribution in [1.29, 1.82) is 0 Å². The van der Waals surface area contributed by atoms with Crippen LogP contribution in [0.3, 0.4) is 0 Å². The summed E-state index contributed by atoms with van der Waals surface area (Å²) in [6.07, 6.45) is 1.52. The lowest BCUT2D eigenvalue weighted by Gasteiger charge is -2.30. The average Bonchev–Trinajstić information content (AvgIpc) is 2.66. The van der Waals surface area contributed by atoms with Gasteiger partial charge in [0.15, 0.2) is 0 Å². The third-order valence-electron chi connectivity index (χ3n) is 3.25. The minimum Gasteiger partial charge on any atom is -0.468 e. The van der Waals surface area contributed by atoms with Gasteiger partial charge >= 0.3 is 5.97 Å². The summed E-state index contributed by atoms with van der Waals surface area (Å²) in [5.74, 6) is 1.45. The van der Waals surface area contributed by atoms with Gasteiger partial charge in [0.25, 0.3) is 0 Å². The van der Waals surface area contributed by atoms with Crippen molar-refractivity contribution >= 4 is 5.97 Å². The molecule has 0 aliphatic rings. The molecule has 0 fully saturated rings. The number of nitrogens with one attached hydrogen (secondary N) is 1. The maximum atomic E-state index is 12.0. The van der Waals surface area contributed by atoms with Crippen LogP contribution in [-0.4, -0.2) is 39.4 Å². The molecule has 0 saturated carbocycles. The van der Waals surface area contributed by atoms with Gasteiger partial charge in [-0.1, -0.05) is 0 Å². The Bertz CT molecular complexity index is 456. The van der Waals surface area contributed by atoms with Gasteiger partial charge in [-0.3, -0.25) is 14.8 Å². The van der Waals surface area contributed by atoms with Crippen molar-refractivity contribution in [2.75, 3.05) is 7.11 Å². The van der Waals surface area contributed by atoms with E-state index in [9.17, 15) is 4.79 Å². The van der Waals surface area contributed by atoms with Crippen LogP contribution in [0.2, 0.25) is 0 Å². The molecule has 0 spiro atoms. The summed E-state index contributed by atoms with van der Waals surface area (Å²) in [5.41, 5.74) is -0.660. The lowest BCUT2D eigenvalue weighted by molar-refractivity contribution is -0.148. The third-order valence-corrected chi connectivity index (χ3v) is 3.25. The molecule has 0 saturated heterocycles. The van der Waals surface area contributed by atoms with Crippen molar-refractivity contribution in [3.8, 4) is 0 Å². The summed E-state index contributed by atoms with van der Waals surface area (Å²) in [6.45, 7) is 10.5. The first kappa shape index (κ1) is 16.6. The highest BCUT2D eigenvalue weighted by atomic mass is 16.5. The van der Waals surface area contributed by atoms with E-state index in [-0.39, 0.29) is 12.0 Å².